The summed E-state index contributed by atoms with van der Waals surface area (Å²) >= 11 is 7.69. The number of aromatic nitrogens is 3. The minimum Gasteiger partial charge on any atom is -0.224 e. The third-order valence-electron chi connectivity index (χ3n) is 4.36. The summed E-state index contributed by atoms with van der Waals surface area (Å²) in [5.74, 6) is 0. The molecule has 0 aliphatic carbocycles. The minimum absolute atomic E-state index is 0.0167. The zero-order valence-electron chi connectivity index (χ0n) is 14.7. The Morgan fingerprint density at radius 3 is 2.56 bits per heavy atom. The van der Waals surface area contributed by atoms with E-state index in [1.54, 1.807) is 41.7 Å². The van der Waals surface area contributed by atoms with Crippen molar-refractivity contribution in [2.24, 2.45) is 0 Å². The van der Waals surface area contributed by atoms with Crippen LogP contribution < -0.4 is 0 Å². The summed E-state index contributed by atoms with van der Waals surface area (Å²) in [4.78, 5) is 9.69. The van der Waals surface area contributed by atoms with Crippen molar-refractivity contribution in [2.75, 3.05) is 0 Å². The summed E-state index contributed by atoms with van der Waals surface area (Å²) in [6.45, 7) is 3.99. The number of hydrogen-bond acceptors (Lipinski definition) is 5. The second kappa shape index (κ2) is 6.74. The third kappa shape index (κ3) is 3.16. The molecule has 0 bridgehead atoms. The fourth-order valence-electron chi connectivity index (χ4n) is 2.86. The fraction of sp³-hybridized carbons (Fsp3) is 0.158. The van der Waals surface area contributed by atoms with E-state index in [-0.39, 0.29) is 15.8 Å². The molecule has 4 aromatic rings. The zero-order valence-corrected chi connectivity index (χ0v) is 17.1. The number of thiophene rings is 1. The molecule has 3 heterocycles. The first-order valence-corrected chi connectivity index (χ1v) is 11.0. The quantitative estimate of drug-likeness (QED) is 0.442. The third-order valence-corrected chi connectivity index (χ3v) is 7.19. The van der Waals surface area contributed by atoms with E-state index in [9.17, 15) is 8.42 Å². The lowest BCUT2D eigenvalue weighted by atomic mass is 10.2. The molecule has 27 heavy (non-hydrogen) atoms. The molecule has 0 aliphatic heterocycles. The maximum Gasteiger partial charge on any atom is 0.269 e. The van der Waals surface area contributed by atoms with Gasteiger partial charge in [-0.25, -0.2) is 17.4 Å². The van der Waals surface area contributed by atoms with Crippen molar-refractivity contribution < 1.29 is 8.42 Å². The van der Waals surface area contributed by atoms with Gasteiger partial charge >= 0.3 is 0 Å². The Bertz CT molecular complexity index is 1240. The molecule has 138 valence electrons. The lowest BCUT2D eigenvalue weighted by Gasteiger charge is -2.08. The second-order valence-corrected chi connectivity index (χ2v) is 9.25. The Balaban J connectivity index is 1.92. The van der Waals surface area contributed by atoms with Crippen LogP contribution in [0.15, 0.2) is 52.9 Å². The summed E-state index contributed by atoms with van der Waals surface area (Å²) < 4.78 is 27.3. The monoisotopic (exact) mass is 417 g/mol. The van der Waals surface area contributed by atoms with Gasteiger partial charge in [0.2, 0.25) is 5.28 Å². The average molecular weight is 418 g/mol. The van der Waals surface area contributed by atoms with Gasteiger partial charge in [0.25, 0.3) is 10.0 Å². The Morgan fingerprint density at radius 2 is 1.89 bits per heavy atom. The summed E-state index contributed by atoms with van der Waals surface area (Å²) in [6, 6.07) is 10.5. The van der Waals surface area contributed by atoms with Gasteiger partial charge < -0.3 is 0 Å². The topological polar surface area (TPSA) is 64.8 Å². The van der Waals surface area contributed by atoms with Crippen LogP contribution in [0.2, 0.25) is 5.28 Å². The van der Waals surface area contributed by atoms with Gasteiger partial charge in [-0.05, 0) is 60.2 Å². The van der Waals surface area contributed by atoms with Gasteiger partial charge in [-0.2, -0.15) is 4.98 Å². The fourth-order valence-corrected chi connectivity index (χ4v) is 5.32. The Morgan fingerprint density at radius 1 is 1.15 bits per heavy atom. The van der Waals surface area contributed by atoms with Crippen molar-refractivity contribution >= 4 is 44.0 Å². The van der Waals surface area contributed by atoms with Crippen molar-refractivity contribution in [2.45, 2.75) is 25.2 Å². The predicted octanol–water partition coefficient (Wildman–Crippen LogP) is 4.92. The standard InChI is InChI=1S/C19H16ClN3O2S2/c1-3-13-10-16(26-11-13)17-15-8-9-23(18(15)22-19(20)21-17)27(24,25)14-6-4-12(2)5-7-14/h4-11H,3H2,1-2H3. The smallest absolute Gasteiger partial charge is 0.224 e. The van der Waals surface area contributed by atoms with E-state index in [1.807, 2.05) is 6.92 Å². The Kier molecular flexibility index (Phi) is 4.53. The molecular weight excluding hydrogens is 402 g/mol. The zero-order chi connectivity index (χ0) is 19.2. The summed E-state index contributed by atoms with van der Waals surface area (Å²) in [7, 11) is -3.78. The molecule has 0 amide bonds. The number of fused-ring (bicyclic) bond motifs is 1. The molecule has 0 saturated heterocycles. The molecule has 0 aliphatic rings. The largest absolute Gasteiger partial charge is 0.269 e. The lowest BCUT2D eigenvalue weighted by Crippen LogP contribution is -2.12. The molecule has 0 N–H and O–H groups in total. The molecule has 0 atom stereocenters. The van der Waals surface area contributed by atoms with Crippen molar-refractivity contribution in [3.8, 4) is 10.6 Å². The number of benzene rings is 1. The van der Waals surface area contributed by atoms with Crippen LogP contribution in [0.25, 0.3) is 21.6 Å². The molecular formula is C19H16ClN3O2S2. The van der Waals surface area contributed by atoms with Crippen molar-refractivity contribution in [3.63, 3.8) is 0 Å². The maximum atomic E-state index is 13.1. The highest BCUT2D eigenvalue weighted by Gasteiger charge is 2.22. The van der Waals surface area contributed by atoms with E-state index in [0.29, 0.717) is 11.1 Å². The van der Waals surface area contributed by atoms with Gasteiger partial charge in [-0.3, -0.25) is 0 Å². The van der Waals surface area contributed by atoms with Crippen LogP contribution in [0.3, 0.4) is 0 Å². The van der Waals surface area contributed by atoms with Crippen LogP contribution in [0.4, 0.5) is 0 Å². The predicted molar refractivity (Wildman–Crippen MR) is 109 cm³/mol. The van der Waals surface area contributed by atoms with Gasteiger partial charge in [-0.1, -0.05) is 24.6 Å². The first-order chi connectivity index (χ1) is 12.9. The van der Waals surface area contributed by atoms with Gasteiger partial charge in [0.05, 0.1) is 15.5 Å². The van der Waals surface area contributed by atoms with E-state index >= 15 is 0 Å². The number of halogens is 1. The van der Waals surface area contributed by atoms with Crippen LogP contribution in [0, 0.1) is 6.92 Å². The van der Waals surface area contributed by atoms with E-state index < -0.39 is 10.0 Å². The van der Waals surface area contributed by atoms with Gasteiger partial charge in [0, 0.05) is 11.6 Å². The summed E-state index contributed by atoms with van der Waals surface area (Å²) in [6.07, 6.45) is 2.42. The number of aryl methyl sites for hydroxylation is 2. The van der Waals surface area contributed by atoms with Crippen molar-refractivity contribution in [1.29, 1.82) is 0 Å². The normalized spacial score (nSPS) is 12.0. The average Bonchev–Trinajstić information content (AvgIpc) is 3.28. The highest BCUT2D eigenvalue weighted by Crippen LogP contribution is 2.33. The van der Waals surface area contributed by atoms with Gasteiger partial charge in [0.15, 0.2) is 5.65 Å². The molecule has 0 fully saturated rings. The molecule has 4 rings (SSSR count). The van der Waals surface area contributed by atoms with E-state index in [4.69, 9.17) is 11.6 Å². The SMILES string of the molecule is CCc1csc(-c2nc(Cl)nc3c2ccn3S(=O)(=O)c2ccc(C)cc2)c1. The van der Waals surface area contributed by atoms with E-state index in [2.05, 4.69) is 28.3 Å². The Labute approximate surface area is 166 Å². The second-order valence-electron chi connectivity index (χ2n) is 6.18. The maximum absolute atomic E-state index is 13.1. The van der Waals surface area contributed by atoms with Crippen molar-refractivity contribution in [1.82, 2.24) is 13.9 Å². The highest BCUT2D eigenvalue weighted by molar-refractivity contribution is 7.90. The van der Waals surface area contributed by atoms with Crippen LogP contribution >= 0.6 is 22.9 Å². The summed E-state index contributed by atoms with van der Waals surface area (Å²) in [5, 5.41) is 2.74. The molecule has 0 spiro atoms. The first kappa shape index (κ1) is 18.2. The van der Waals surface area contributed by atoms with Crippen LogP contribution in [-0.2, 0) is 16.4 Å². The number of hydrogen-bond donors (Lipinski definition) is 0. The van der Waals surface area contributed by atoms with E-state index in [1.165, 1.54) is 15.7 Å². The molecule has 5 nitrogen and oxygen atoms in total. The molecule has 0 saturated carbocycles. The van der Waals surface area contributed by atoms with Gasteiger partial charge in [-0.15, -0.1) is 11.3 Å². The summed E-state index contributed by atoms with van der Waals surface area (Å²) in [5.41, 5.74) is 3.11. The van der Waals surface area contributed by atoms with E-state index in [0.717, 1.165) is 16.9 Å². The van der Waals surface area contributed by atoms with Crippen LogP contribution in [-0.4, -0.2) is 22.4 Å². The molecule has 8 heteroatoms. The molecule has 1 aromatic carbocycles. The number of nitrogens with zero attached hydrogens (tertiary/aromatic N) is 3. The minimum atomic E-state index is -3.78. The number of rotatable bonds is 4. The first-order valence-electron chi connectivity index (χ1n) is 8.35. The van der Waals surface area contributed by atoms with Crippen LogP contribution in [0.1, 0.15) is 18.1 Å². The molecule has 0 radical (unpaired) electrons. The van der Waals surface area contributed by atoms with Crippen molar-refractivity contribution in [3.05, 3.63) is 64.4 Å². The Hall–Kier alpha value is -2.22. The van der Waals surface area contributed by atoms with Gasteiger partial charge in [0.1, 0.15) is 0 Å². The molecule has 3 aromatic heterocycles. The van der Waals surface area contributed by atoms with Crippen LogP contribution in [0.5, 0.6) is 0 Å². The lowest BCUT2D eigenvalue weighted by molar-refractivity contribution is 0.588. The highest BCUT2D eigenvalue weighted by atomic mass is 35.5. The molecule has 0 unspecified atom stereocenters.